The minimum absolute atomic E-state index is 0.0611. The highest BCUT2D eigenvalue weighted by atomic mass is 35.5. The molecule has 1 aliphatic rings. The molecule has 4 heteroatoms. The monoisotopic (exact) mass is 256 g/mol. The van der Waals surface area contributed by atoms with Crippen LogP contribution in [-0.4, -0.2) is 21.0 Å². The van der Waals surface area contributed by atoms with Gasteiger partial charge in [-0.2, -0.15) is 5.10 Å². The fourth-order valence-corrected chi connectivity index (χ4v) is 3.11. The summed E-state index contributed by atoms with van der Waals surface area (Å²) in [6, 6.07) is 0. The highest BCUT2D eigenvalue weighted by Crippen LogP contribution is 2.42. The Morgan fingerprint density at radius 1 is 1.47 bits per heavy atom. The van der Waals surface area contributed by atoms with Crippen LogP contribution in [-0.2, 0) is 13.5 Å². The van der Waals surface area contributed by atoms with Crippen LogP contribution in [0.1, 0.15) is 43.9 Å². The summed E-state index contributed by atoms with van der Waals surface area (Å²) in [6.45, 7) is 4.13. The molecule has 3 nitrogen and oxygen atoms in total. The van der Waals surface area contributed by atoms with Crippen LogP contribution in [0.5, 0.6) is 0 Å². The van der Waals surface area contributed by atoms with Gasteiger partial charge in [0.25, 0.3) is 0 Å². The molecule has 1 aliphatic carbocycles. The van der Waals surface area contributed by atoms with Crippen molar-refractivity contribution in [3.63, 3.8) is 0 Å². The van der Waals surface area contributed by atoms with Crippen LogP contribution in [0.3, 0.4) is 0 Å². The van der Waals surface area contributed by atoms with E-state index in [1.165, 1.54) is 12.8 Å². The second kappa shape index (κ2) is 4.62. The lowest BCUT2D eigenvalue weighted by atomic mass is 9.80. The SMILES string of the molecule is Cc1nn(C)c(Cl)c1CC(O)C1(C)CCCC1. The van der Waals surface area contributed by atoms with Crippen LogP contribution in [0.15, 0.2) is 0 Å². The zero-order chi connectivity index (χ0) is 12.6. The van der Waals surface area contributed by atoms with Crippen molar-refractivity contribution in [2.75, 3.05) is 0 Å². The first-order valence-corrected chi connectivity index (χ1v) is 6.68. The van der Waals surface area contributed by atoms with Crippen molar-refractivity contribution in [3.8, 4) is 0 Å². The van der Waals surface area contributed by atoms with Gasteiger partial charge in [0.2, 0.25) is 0 Å². The summed E-state index contributed by atoms with van der Waals surface area (Å²) in [5, 5.41) is 15.4. The Morgan fingerprint density at radius 2 is 2.06 bits per heavy atom. The van der Waals surface area contributed by atoms with Gasteiger partial charge in [0.05, 0.1) is 11.8 Å². The summed E-state index contributed by atoms with van der Waals surface area (Å²) in [6.07, 6.45) is 5.00. The number of hydrogen-bond acceptors (Lipinski definition) is 2. The lowest BCUT2D eigenvalue weighted by Gasteiger charge is -2.30. The minimum atomic E-state index is -0.314. The van der Waals surface area contributed by atoms with E-state index in [4.69, 9.17) is 11.6 Å². The topological polar surface area (TPSA) is 38.0 Å². The molecule has 1 aromatic rings. The number of aryl methyl sites for hydroxylation is 2. The molecule has 0 bridgehead atoms. The van der Waals surface area contributed by atoms with Crippen LogP contribution in [0.2, 0.25) is 5.15 Å². The van der Waals surface area contributed by atoms with Crippen molar-refractivity contribution in [1.82, 2.24) is 9.78 Å². The van der Waals surface area contributed by atoms with Crippen LogP contribution in [0.4, 0.5) is 0 Å². The van der Waals surface area contributed by atoms with Crippen molar-refractivity contribution < 1.29 is 5.11 Å². The van der Waals surface area contributed by atoms with Gasteiger partial charge in [-0.1, -0.05) is 31.4 Å². The van der Waals surface area contributed by atoms with Crippen LogP contribution in [0.25, 0.3) is 0 Å². The maximum absolute atomic E-state index is 10.4. The Labute approximate surface area is 108 Å². The molecular weight excluding hydrogens is 236 g/mol. The highest BCUT2D eigenvalue weighted by molar-refractivity contribution is 6.30. The standard InChI is InChI=1S/C13H21ClN2O/c1-9-10(12(14)16(3)15-9)8-11(17)13(2)6-4-5-7-13/h11,17H,4-8H2,1-3H3. The van der Waals surface area contributed by atoms with Gasteiger partial charge in [-0.15, -0.1) is 0 Å². The van der Waals surface area contributed by atoms with Crippen LogP contribution in [0, 0.1) is 12.3 Å². The van der Waals surface area contributed by atoms with Gasteiger partial charge in [0, 0.05) is 19.0 Å². The maximum Gasteiger partial charge on any atom is 0.130 e. The van der Waals surface area contributed by atoms with Gasteiger partial charge < -0.3 is 5.11 Å². The second-order valence-corrected chi connectivity index (χ2v) is 5.92. The zero-order valence-electron chi connectivity index (χ0n) is 10.8. The molecular formula is C13H21ClN2O. The zero-order valence-corrected chi connectivity index (χ0v) is 11.6. The van der Waals surface area contributed by atoms with E-state index in [-0.39, 0.29) is 11.5 Å². The fraction of sp³-hybridized carbons (Fsp3) is 0.769. The van der Waals surface area contributed by atoms with Crippen molar-refractivity contribution in [1.29, 1.82) is 0 Å². The quantitative estimate of drug-likeness (QED) is 0.903. The van der Waals surface area contributed by atoms with Gasteiger partial charge >= 0.3 is 0 Å². The summed E-state index contributed by atoms with van der Waals surface area (Å²) < 4.78 is 1.68. The largest absolute Gasteiger partial charge is 0.392 e. The van der Waals surface area contributed by atoms with E-state index in [1.54, 1.807) is 4.68 Å². The first kappa shape index (κ1) is 12.9. The highest BCUT2D eigenvalue weighted by Gasteiger charge is 2.36. The third-order valence-corrected chi connectivity index (χ3v) is 4.69. The molecule has 96 valence electrons. The Balaban J connectivity index is 2.15. The smallest absolute Gasteiger partial charge is 0.130 e. The number of nitrogens with zero attached hydrogens (tertiary/aromatic N) is 2. The van der Waals surface area contributed by atoms with E-state index in [9.17, 15) is 5.11 Å². The van der Waals surface area contributed by atoms with E-state index >= 15 is 0 Å². The molecule has 1 saturated carbocycles. The molecule has 2 rings (SSSR count). The molecule has 1 unspecified atom stereocenters. The van der Waals surface area contributed by atoms with E-state index in [2.05, 4.69) is 12.0 Å². The molecule has 1 atom stereocenters. The van der Waals surface area contributed by atoms with Crippen molar-refractivity contribution in [3.05, 3.63) is 16.4 Å². The molecule has 0 saturated heterocycles. The van der Waals surface area contributed by atoms with Gasteiger partial charge in [-0.05, 0) is 25.2 Å². The third kappa shape index (κ3) is 2.36. The molecule has 0 aliphatic heterocycles. The average Bonchev–Trinajstić information content (AvgIpc) is 2.80. The first-order chi connectivity index (χ1) is 7.94. The molecule has 0 spiro atoms. The second-order valence-electron chi connectivity index (χ2n) is 5.56. The van der Waals surface area contributed by atoms with Gasteiger partial charge in [0.1, 0.15) is 5.15 Å². The van der Waals surface area contributed by atoms with E-state index in [0.29, 0.717) is 11.6 Å². The summed E-state index contributed by atoms with van der Waals surface area (Å²) in [4.78, 5) is 0. The summed E-state index contributed by atoms with van der Waals surface area (Å²) in [5.41, 5.74) is 1.99. The molecule has 1 heterocycles. The average molecular weight is 257 g/mol. The number of aliphatic hydroxyl groups excluding tert-OH is 1. The maximum atomic E-state index is 10.4. The Morgan fingerprint density at radius 3 is 2.53 bits per heavy atom. The third-order valence-electron chi connectivity index (χ3n) is 4.22. The van der Waals surface area contributed by atoms with Gasteiger partial charge in [0.15, 0.2) is 0 Å². The fourth-order valence-electron chi connectivity index (χ4n) is 2.86. The summed E-state index contributed by atoms with van der Waals surface area (Å²) in [5.74, 6) is 0. The molecule has 1 aromatic heterocycles. The van der Waals surface area contributed by atoms with Gasteiger partial charge in [-0.25, -0.2) is 0 Å². The van der Waals surface area contributed by atoms with Crippen LogP contribution >= 0.6 is 11.6 Å². The van der Waals surface area contributed by atoms with E-state index < -0.39 is 0 Å². The number of aliphatic hydroxyl groups is 1. The molecule has 17 heavy (non-hydrogen) atoms. The summed E-state index contributed by atoms with van der Waals surface area (Å²) >= 11 is 6.20. The Kier molecular flexibility index (Phi) is 3.50. The van der Waals surface area contributed by atoms with Crippen molar-refractivity contribution in [2.24, 2.45) is 12.5 Å². The molecule has 0 amide bonds. The number of halogens is 1. The number of rotatable bonds is 3. The van der Waals surface area contributed by atoms with Crippen LogP contribution < -0.4 is 0 Å². The van der Waals surface area contributed by atoms with E-state index in [0.717, 1.165) is 24.1 Å². The predicted molar refractivity (Wildman–Crippen MR) is 69.2 cm³/mol. The molecule has 0 radical (unpaired) electrons. The lowest BCUT2D eigenvalue weighted by molar-refractivity contribution is 0.0423. The van der Waals surface area contributed by atoms with E-state index in [1.807, 2.05) is 14.0 Å². The first-order valence-electron chi connectivity index (χ1n) is 6.30. The number of aromatic nitrogens is 2. The Bertz CT molecular complexity index is 408. The van der Waals surface area contributed by atoms with Crippen molar-refractivity contribution >= 4 is 11.6 Å². The molecule has 1 fully saturated rings. The van der Waals surface area contributed by atoms with Crippen molar-refractivity contribution in [2.45, 2.75) is 52.1 Å². The Hall–Kier alpha value is -0.540. The minimum Gasteiger partial charge on any atom is -0.392 e. The molecule has 0 aromatic carbocycles. The normalized spacial score (nSPS) is 20.8. The predicted octanol–water partition coefficient (Wildman–Crippen LogP) is 2.87. The lowest BCUT2D eigenvalue weighted by Crippen LogP contribution is -2.31. The van der Waals surface area contributed by atoms with Gasteiger partial charge in [-0.3, -0.25) is 4.68 Å². The summed E-state index contributed by atoms with van der Waals surface area (Å²) in [7, 11) is 1.84. The number of hydrogen-bond donors (Lipinski definition) is 1. The molecule has 1 N–H and O–H groups in total.